The number of rotatable bonds is 5. The Hall–Kier alpha value is -4.39. The monoisotopic (exact) mass is 551 g/mol. The molecular formula is C32H37N7O2. The zero-order chi connectivity index (χ0) is 28.4. The van der Waals surface area contributed by atoms with Crippen molar-refractivity contribution in [3.05, 3.63) is 72.4 Å². The summed E-state index contributed by atoms with van der Waals surface area (Å²) in [6.45, 7) is 6.90. The van der Waals surface area contributed by atoms with Gasteiger partial charge in [-0.1, -0.05) is 30.2 Å². The number of likely N-dealkylation sites (N-methyl/N-ethyl adjacent to an activating group) is 1. The number of carbonyl (C=O) groups is 1. The number of carbonyl (C=O) groups excluding carboxylic acids is 1. The molecule has 3 N–H and O–H groups in total. The van der Waals surface area contributed by atoms with Gasteiger partial charge in [0.2, 0.25) is 5.95 Å². The maximum atomic E-state index is 11.9. The van der Waals surface area contributed by atoms with E-state index in [1.165, 1.54) is 0 Å². The molecule has 6 bridgehead atoms. The lowest BCUT2D eigenvalue weighted by atomic mass is 10.1. The van der Waals surface area contributed by atoms with E-state index in [0.29, 0.717) is 18.6 Å². The smallest absolute Gasteiger partial charge is 0.298 e. The Labute approximate surface area is 242 Å². The van der Waals surface area contributed by atoms with Crippen LogP contribution in [0.4, 0.5) is 17.3 Å². The number of benzene rings is 2. The van der Waals surface area contributed by atoms with Gasteiger partial charge in [0.1, 0.15) is 5.75 Å². The predicted molar refractivity (Wildman–Crippen MR) is 163 cm³/mol. The number of anilines is 3. The highest BCUT2D eigenvalue weighted by molar-refractivity contribution is 5.94. The molecule has 0 aliphatic carbocycles. The third kappa shape index (κ3) is 7.84. The molecule has 1 saturated heterocycles. The van der Waals surface area contributed by atoms with Crippen molar-refractivity contribution in [2.75, 3.05) is 57.0 Å². The van der Waals surface area contributed by atoms with Crippen LogP contribution < -0.4 is 20.7 Å². The Bertz CT molecular complexity index is 1440. The largest absolute Gasteiger partial charge is 0.493 e. The Morgan fingerprint density at radius 2 is 2.10 bits per heavy atom. The molecule has 0 spiro atoms. The maximum Gasteiger partial charge on any atom is 0.298 e. The molecule has 1 amide bonds. The van der Waals surface area contributed by atoms with Crippen LogP contribution in [0.5, 0.6) is 5.75 Å². The fourth-order valence-electron chi connectivity index (χ4n) is 4.81. The third-order valence-electron chi connectivity index (χ3n) is 7.14. The van der Waals surface area contributed by atoms with E-state index in [1.54, 1.807) is 18.0 Å². The highest BCUT2D eigenvalue weighted by Gasteiger charge is 2.32. The summed E-state index contributed by atoms with van der Waals surface area (Å²) in [4.78, 5) is 25.2. The van der Waals surface area contributed by atoms with Crippen molar-refractivity contribution in [1.82, 2.24) is 25.1 Å². The summed E-state index contributed by atoms with van der Waals surface area (Å²) >= 11 is 0. The first-order chi connectivity index (χ1) is 20.1. The minimum Gasteiger partial charge on any atom is -0.493 e. The Morgan fingerprint density at radius 1 is 1.20 bits per heavy atom. The molecule has 1 fully saturated rings. The van der Waals surface area contributed by atoms with Gasteiger partial charge in [0.25, 0.3) is 5.91 Å². The molecule has 2 aliphatic heterocycles. The number of fused-ring (bicyclic) bond motifs is 7. The summed E-state index contributed by atoms with van der Waals surface area (Å²) in [7, 11) is 2.10. The van der Waals surface area contributed by atoms with E-state index in [9.17, 15) is 4.79 Å². The van der Waals surface area contributed by atoms with Crippen LogP contribution in [0, 0.1) is 11.8 Å². The van der Waals surface area contributed by atoms with Crippen molar-refractivity contribution in [2.45, 2.75) is 25.9 Å². The molecular weight excluding hydrogens is 514 g/mol. The molecule has 0 unspecified atom stereocenters. The molecule has 2 aliphatic rings. The van der Waals surface area contributed by atoms with Crippen LogP contribution in [0.15, 0.2) is 66.9 Å². The van der Waals surface area contributed by atoms with Gasteiger partial charge in [0.15, 0.2) is 0 Å². The molecule has 9 heteroatoms. The van der Waals surface area contributed by atoms with Gasteiger partial charge in [-0.25, -0.2) is 9.97 Å². The number of aromatic nitrogens is 2. The Kier molecular flexibility index (Phi) is 9.47. The van der Waals surface area contributed by atoms with Crippen LogP contribution in [0.1, 0.15) is 18.9 Å². The average Bonchev–Trinajstić information content (AvgIpc) is 2.94. The molecule has 5 rings (SSSR count). The summed E-state index contributed by atoms with van der Waals surface area (Å²) < 4.78 is 5.94. The fraction of sp³-hybridized carbons (Fsp3) is 0.344. The molecule has 0 atom stereocenters. The van der Waals surface area contributed by atoms with Crippen molar-refractivity contribution in [2.24, 2.45) is 0 Å². The SMILES string of the molecule is CC#CC(=O)N1CC(N(C)CCNc2cc3cc(c2)Nc2nccc(n2)-c2cccc(c2)OCC/C=C/CNC3)C1. The number of nitrogens with zero attached hydrogens (tertiary/aromatic N) is 4. The number of hydrogen-bond acceptors (Lipinski definition) is 8. The summed E-state index contributed by atoms with van der Waals surface area (Å²) in [5.41, 5.74) is 4.89. The highest BCUT2D eigenvalue weighted by atomic mass is 16.5. The predicted octanol–water partition coefficient (Wildman–Crippen LogP) is 3.89. The van der Waals surface area contributed by atoms with Gasteiger partial charge in [-0.05, 0) is 68.3 Å². The minimum atomic E-state index is -0.0866. The molecule has 3 heterocycles. The Morgan fingerprint density at radius 3 is 2.98 bits per heavy atom. The molecule has 41 heavy (non-hydrogen) atoms. The zero-order valence-corrected chi connectivity index (χ0v) is 23.7. The number of nitrogens with one attached hydrogen (secondary N) is 3. The first-order valence-electron chi connectivity index (χ1n) is 14.1. The first-order valence-corrected chi connectivity index (χ1v) is 14.1. The van der Waals surface area contributed by atoms with E-state index in [0.717, 1.165) is 79.6 Å². The van der Waals surface area contributed by atoms with Gasteiger partial charge in [-0.3, -0.25) is 9.69 Å². The second-order valence-corrected chi connectivity index (χ2v) is 10.2. The quantitative estimate of drug-likeness (QED) is 0.325. The highest BCUT2D eigenvalue weighted by Crippen LogP contribution is 2.26. The van der Waals surface area contributed by atoms with Crippen LogP contribution in [0.2, 0.25) is 0 Å². The van der Waals surface area contributed by atoms with Gasteiger partial charge in [-0.15, -0.1) is 0 Å². The minimum absolute atomic E-state index is 0.0866. The topological polar surface area (TPSA) is 94.7 Å². The number of amides is 1. The van der Waals surface area contributed by atoms with Crippen LogP contribution >= 0.6 is 0 Å². The average molecular weight is 552 g/mol. The standard InChI is InChI=1S/C32H37N7O2/c1-3-8-31(40)39-22-28(23-39)38(2)15-14-34-26-17-24-18-27(20-26)36-32-35-13-11-30(37-32)25-9-7-10-29(19-25)41-16-6-4-5-12-33-21-24/h4-5,7,9-11,13,17-20,28,33-34H,6,12,14-16,21-23H2,1-2H3,(H,35,36,37)/b5-4+. The molecule has 1 aromatic heterocycles. The van der Waals surface area contributed by atoms with Crippen molar-refractivity contribution in [3.8, 4) is 28.8 Å². The third-order valence-corrected chi connectivity index (χ3v) is 7.14. The molecule has 0 saturated carbocycles. The number of ether oxygens (including phenoxy) is 1. The normalized spacial score (nSPS) is 16.1. The van der Waals surface area contributed by atoms with Crippen molar-refractivity contribution < 1.29 is 9.53 Å². The first kappa shape index (κ1) is 28.1. The number of hydrogen-bond donors (Lipinski definition) is 3. The van der Waals surface area contributed by atoms with E-state index < -0.39 is 0 Å². The Balaban J connectivity index is 1.28. The fourth-order valence-corrected chi connectivity index (χ4v) is 4.81. The van der Waals surface area contributed by atoms with Gasteiger partial charge >= 0.3 is 0 Å². The van der Waals surface area contributed by atoms with E-state index >= 15 is 0 Å². The lowest BCUT2D eigenvalue weighted by Gasteiger charge is -2.43. The second kappa shape index (κ2) is 13.8. The second-order valence-electron chi connectivity index (χ2n) is 10.2. The van der Waals surface area contributed by atoms with Crippen LogP contribution in [-0.4, -0.2) is 78.1 Å². The molecule has 3 aromatic rings. The van der Waals surface area contributed by atoms with Gasteiger partial charge in [0, 0.05) is 68.4 Å². The van der Waals surface area contributed by atoms with E-state index in [-0.39, 0.29) is 5.91 Å². The van der Waals surface area contributed by atoms with E-state index in [4.69, 9.17) is 9.72 Å². The zero-order valence-electron chi connectivity index (χ0n) is 23.7. The summed E-state index contributed by atoms with van der Waals surface area (Å²) in [5, 5.41) is 10.5. The van der Waals surface area contributed by atoms with Crippen LogP contribution in [-0.2, 0) is 11.3 Å². The van der Waals surface area contributed by atoms with Crippen LogP contribution in [0.3, 0.4) is 0 Å². The molecule has 0 radical (unpaired) electrons. The number of likely N-dealkylation sites (tertiary alicyclic amines) is 1. The van der Waals surface area contributed by atoms with Crippen LogP contribution in [0.25, 0.3) is 11.3 Å². The lowest BCUT2D eigenvalue weighted by molar-refractivity contribution is -0.131. The van der Waals surface area contributed by atoms with Gasteiger partial charge < -0.3 is 25.6 Å². The summed E-state index contributed by atoms with van der Waals surface area (Å²) in [6, 6.07) is 16.6. The lowest BCUT2D eigenvalue weighted by Crippen LogP contribution is -2.60. The van der Waals surface area contributed by atoms with E-state index in [1.807, 2.05) is 30.3 Å². The van der Waals surface area contributed by atoms with Crippen molar-refractivity contribution >= 4 is 23.2 Å². The van der Waals surface area contributed by atoms with Gasteiger partial charge in [0.05, 0.1) is 12.3 Å². The summed E-state index contributed by atoms with van der Waals surface area (Å²) in [6.07, 6.45) is 6.90. The van der Waals surface area contributed by atoms with Crippen molar-refractivity contribution in [1.29, 1.82) is 0 Å². The summed E-state index contributed by atoms with van der Waals surface area (Å²) in [5.74, 6) is 6.57. The van der Waals surface area contributed by atoms with E-state index in [2.05, 4.69) is 75.1 Å². The van der Waals surface area contributed by atoms with Gasteiger partial charge in [-0.2, -0.15) is 0 Å². The maximum absolute atomic E-state index is 11.9. The molecule has 9 nitrogen and oxygen atoms in total. The molecule has 2 aromatic carbocycles. The van der Waals surface area contributed by atoms with Crippen molar-refractivity contribution in [3.63, 3.8) is 0 Å². The molecule has 212 valence electrons.